The summed E-state index contributed by atoms with van der Waals surface area (Å²) < 4.78 is 0. The van der Waals surface area contributed by atoms with Crippen molar-refractivity contribution in [3.8, 4) is 5.75 Å². The Labute approximate surface area is 108 Å². The van der Waals surface area contributed by atoms with Crippen molar-refractivity contribution in [2.24, 2.45) is 4.99 Å². The molecule has 2 rings (SSSR count). The highest BCUT2D eigenvalue weighted by molar-refractivity contribution is 5.49. The minimum Gasteiger partial charge on any atom is -0.508 e. The van der Waals surface area contributed by atoms with Crippen molar-refractivity contribution in [2.75, 3.05) is 0 Å². The molecule has 0 spiro atoms. The molecule has 0 aliphatic heterocycles. The van der Waals surface area contributed by atoms with Gasteiger partial charge in [-0.15, -0.1) is 0 Å². The fourth-order valence-electron chi connectivity index (χ4n) is 2.74. The molecule has 0 bridgehead atoms. The number of aryl methyl sites for hydroxylation is 1. The van der Waals surface area contributed by atoms with E-state index in [9.17, 15) is 9.90 Å². The van der Waals surface area contributed by atoms with Crippen molar-refractivity contribution in [1.82, 2.24) is 0 Å². The second kappa shape index (κ2) is 4.58. The summed E-state index contributed by atoms with van der Waals surface area (Å²) in [5.74, 6) is 0.636. The van der Waals surface area contributed by atoms with Gasteiger partial charge in [-0.25, -0.2) is 4.79 Å². The minimum atomic E-state index is -0.525. The Bertz CT molecular complexity index is 509. The Kier molecular flexibility index (Phi) is 3.27. The van der Waals surface area contributed by atoms with Gasteiger partial charge in [0.1, 0.15) is 11.3 Å². The molecule has 0 saturated heterocycles. The monoisotopic (exact) mass is 245 g/mol. The number of phenols is 1. The first-order chi connectivity index (χ1) is 8.50. The highest BCUT2D eigenvalue weighted by atomic mass is 16.3. The van der Waals surface area contributed by atoms with Crippen LogP contribution in [0.2, 0.25) is 0 Å². The third-order valence-corrected chi connectivity index (χ3v) is 3.95. The number of phenolic OH excluding ortho intramolecular Hbond substituents is 1. The maximum Gasteiger partial charge on any atom is 0.235 e. The third kappa shape index (κ3) is 1.95. The van der Waals surface area contributed by atoms with E-state index in [0.717, 1.165) is 30.4 Å². The van der Waals surface area contributed by atoms with Gasteiger partial charge in [0.25, 0.3) is 0 Å². The fourth-order valence-corrected chi connectivity index (χ4v) is 2.74. The Morgan fingerprint density at radius 1 is 1.39 bits per heavy atom. The maximum absolute atomic E-state index is 10.6. The van der Waals surface area contributed by atoms with Gasteiger partial charge in [-0.3, -0.25) is 0 Å². The van der Waals surface area contributed by atoms with Gasteiger partial charge in [-0.2, -0.15) is 4.99 Å². The average molecular weight is 245 g/mol. The van der Waals surface area contributed by atoms with Crippen LogP contribution in [-0.2, 0) is 10.3 Å². The van der Waals surface area contributed by atoms with E-state index in [4.69, 9.17) is 0 Å². The molecule has 3 heteroatoms. The van der Waals surface area contributed by atoms with Crippen LogP contribution in [0.15, 0.2) is 17.1 Å². The summed E-state index contributed by atoms with van der Waals surface area (Å²) >= 11 is 0. The number of hydrogen-bond donors (Lipinski definition) is 1. The first kappa shape index (κ1) is 12.8. The summed E-state index contributed by atoms with van der Waals surface area (Å²) in [6, 6.07) is 3.79. The molecule has 0 radical (unpaired) electrons. The fraction of sp³-hybridized carbons (Fsp3) is 0.533. The van der Waals surface area contributed by atoms with Gasteiger partial charge in [0.05, 0.1) is 0 Å². The molecule has 1 N–H and O–H groups in total. The van der Waals surface area contributed by atoms with Crippen LogP contribution in [-0.4, -0.2) is 11.2 Å². The number of nitrogens with zero attached hydrogens (tertiary/aromatic N) is 1. The zero-order valence-electron chi connectivity index (χ0n) is 11.2. The van der Waals surface area contributed by atoms with Crippen LogP contribution in [0.25, 0.3) is 0 Å². The number of aromatic hydroxyl groups is 1. The molecular formula is C15H19NO2. The quantitative estimate of drug-likeness (QED) is 0.654. The summed E-state index contributed by atoms with van der Waals surface area (Å²) in [5, 5.41) is 10.1. The SMILES string of the molecule is Cc1cc(O)c(C2(N=C=O)CCC2)cc1C(C)C. The summed E-state index contributed by atoms with van der Waals surface area (Å²) in [6.07, 6.45) is 4.33. The predicted molar refractivity (Wildman–Crippen MR) is 70.6 cm³/mol. The van der Waals surface area contributed by atoms with Gasteiger partial charge in [-0.1, -0.05) is 13.8 Å². The van der Waals surface area contributed by atoms with Gasteiger partial charge in [0, 0.05) is 5.56 Å². The highest BCUT2D eigenvalue weighted by Gasteiger charge is 2.41. The summed E-state index contributed by atoms with van der Waals surface area (Å²) in [4.78, 5) is 14.6. The van der Waals surface area contributed by atoms with E-state index in [1.165, 1.54) is 5.56 Å². The lowest BCUT2D eigenvalue weighted by Crippen LogP contribution is -2.32. The summed E-state index contributed by atoms with van der Waals surface area (Å²) in [7, 11) is 0. The normalized spacial score (nSPS) is 17.1. The Balaban J connectivity index is 2.56. The van der Waals surface area contributed by atoms with Gasteiger partial charge < -0.3 is 5.11 Å². The van der Waals surface area contributed by atoms with E-state index in [0.29, 0.717) is 5.92 Å². The first-order valence-electron chi connectivity index (χ1n) is 6.43. The number of rotatable bonds is 3. The minimum absolute atomic E-state index is 0.246. The number of carbonyl (C=O) groups excluding carboxylic acids is 1. The molecule has 18 heavy (non-hydrogen) atoms. The van der Waals surface area contributed by atoms with Gasteiger partial charge >= 0.3 is 0 Å². The van der Waals surface area contributed by atoms with E-state index in [1.54, 1.807) is 12.1 Å². The van der Waals surface area contributed by atoms with Crippen LogP contribution in [0, 0.1) is 6.92 Å². The van der Waals surface area contributed by atoms with E-state index < -0.39 is 5.54 Å². The molecule has 1 saturated carbocycles. The second-order valence-electron chi connectivity index (χ2n) is 5.47. The molecule has 0 unspecified atom stereocenters. The van der Waals surface area contributed by atoms with Crippen LogP contribution in [0.3, 0.4) is 0 Å². The van der Waals surface area contributed by atoms with Crippen molar-refractivity contribution < 1.29 is 9.90 Å². The molecule has 3 nitrogen and oxygen atoms in total. The summed E-state index contributed by atoms with van der Waals surface area (Å²) in [6.45, 7) is 6.24. The van der Waals surface area contributed by atoms with Crippen molar-refractivity contribution in [3.63, 3.8) is 0 Å². The highest BCUT2D eigenvalue weighted by Crippen LogP contribution is 2.48. The van der Waals surface area contributed by atoms with Crippen LogP contribution in [0.1, 0.15) is 55.7 Å². The third-order valence-electron chi connectivity index (χ3n) is 3.95. The zero-order chi connectivity index (χ0) is 13.3. The molecule has 0 atom stereocenters. The second-order valence-corrected chi connectivity index (χ2v) is 5.47. The molecule has 96 valence electrons. The average Bonchev–Trinajstić information content (AvgIpc) is 2.24. The van der Waals surface area contributed by atoms with Gasteiger partial charge in [0.15, 0.2) is 0 Å². The smallest absolute Gasteiger partial charge is 0.235 e. The first-order valence-corrected chi connectivity index (χ1v) is 6.43. The molecule has 0 heterocycles. The molecule has 0 aromatic heterocycles. The number of aliphatic imine (C=N–C) groups is 1. The topological polar surface area (TPSA) is 49.7 Å². The van der Waals surface area contributed by atoms with Crippen molar-refractivity contribution in [1.29, 1.82) is 0 Å². The van der Waals surface area contributed by atoms with Crippen molar-refractivity contribution >= 4 is 6.08 Å². The largest absolute Gasteiger partial charge is 0.508 e. The van der Waals surface area contributed by atoms with E-state index >= 15 is 0 Å². The number of hydrogen-bond acceptors (Lipinski definition) is 3. The molecule has 0 amide bonds. The standard InChI is InChI=1S/C15H19NO2/c1-10(2)12-8-13(14(18)7-11(12)3)15(16-9-17)5-4-6-15/h7-8,10,18H,4-6H2,1-3H3. The summed E-state index contributed by atoms with van der Waals surface area (Å²) in [5.41, 5.74) is 2.54. The number of benzene rings is 1. The molecular weight excluding hydrogens is 226 g/mol. The van der Waals surface area contributed by atoms with Crippen molar-refractivity contribution in [2.45, 2.75) is 51.5 Å². The van der Waals surface area contributed by atoms with Crippen LogP contribution in [0.5, 0.6) is 5.75 Å². The zero-order valence-corrected chi connectivity index (χ0v) is 11.2. The van der Waals surface area contributed by atoms with Crippen LogP contribution >= 0.6 is 0 Å². The maximum atomic E-state index is 10.6. The lowest BCUT2D eigenvalue weighted by molar-refractivity contribution is 0.247. The Hall–Kier alpha value is -1.60. The van der Waals surface area contributed by atoms with Gasteiger partial charge in [0.2, 0.25) is 6.08 Å². The van der Waals surface area contributed by atoms with E-state index in [-0.39, 0.29) is 5.75 Å². The van der Waals surface area contributed by atoms with Crippen LogP contribution in [0.4, 0.5) is 0 Å². The molecule has 1 aromatic carbocycles. The van der Waals surface area contributed by atoms with Gasteiger partial charge in [-0.05, 0) is 55.4 Å². The number of isocyanates is 1. The lowest BCUT2D eigenvalue weighted by atomic mass is 9.71. The predicted octanol–water partition coefficient (Wildman–Crippen LogP) is 3.54. The van der Waals surface area contributed by atoms with Crippen molar-refractivity contribution in [3.05, 3.63) is 28.8 Å². The van der Waals surface area contributed by atoms with E-state index in [2.05, 4.69) is 18.8 Å². The molecule has 1 aliphatic rings. The Morgan fingerprint density at radius 2 is 2.06 bits per heavy atom. The molecule has 1 aliphatic carbocycles. The molecule has 1 fully saturated rings. The lowest BCUT2D eigenvalue weighted by Gasteiger charge is -2.38. The Morgan fingerprint density at radius 3 is 2.50 bits per heavy atom. The molecule has 1 aromatic rings. The van der Waals surface area contributed by atoms with Crippen LogP contribution < -0.4 is 0 Å². The van der Waals surface area contributed by atoms with E-state index in [1.807, 2.05) is 13.0 Å².